The summed E-state index contributed by atoms with van der Waals surface area (Å²) in [7, 11) is 0. The molecule has 1 aliphatic heterocycles. The van der Waals surface area contributed by atoms with Crippen LogP contribution in [0.2, 0.25) is 0 Å². The van der Waals surface area contributed by atoms with Crippen LogP contribution in [0.5, 0.6) is 0 Å². The second-order valence-corrected chi connectivity index (χ2v) is 5.78. The Morgan fingerprint density at radius 3 is 2.94 bits per heavy atom. The van der Waals surface area contributed by atoms with E-state index in [1.165, 1.54) is 22.8 Å². The van der Waals surface area contributed by atoms with E-state index in [1.807, 2.05) is 23.2 Å². The highest BCUT2D eigenvalue weighted by Gasteiger charge is 2.16. The topological polar surface area (TPSA) is 58.4 Å². The van der Waals surface area contributed by atoms with Gasteiger partial charge in [-0.3, -0.25) is 15.1 Å². The van der Waals surface area contributed by atoms with Crippen LogP contribution in [-0.4, -0.2) is 35.4 Å². The third kappa shape index (κ3) is 2.76. The maximum absolute atomic E-state index is 11.5. The number of thioether (sulfide) groups is 1. The Kier molecular flexibility index (Phi) is 4.22. The fourth-order valence-corrected chi connectivity index (χ4v) is 3.52. The van der Waals surface area contributed by atoms with E-state index in [9.17, 15) is 4.79 Å². The fourth-order valence-electron chi connectivity index (χ4n) is 1.73. The van der Waals surface area contributed by atoms with Gasteiger partial charge in [-0.05, 0) is 17.0 Å². The number of rotatable bonds is 3. The molecular formula is C10H15N3OS2. The van der Waals surface area contributed by atoms with Gasteiger partial charge >= 0.3 is 0 Å². The van der Waals surface area contributed by atoms with Crippen molar-refractivity contribution in [2.24, 2.45) is 5.84 Å². The number of nitrogen functional groups attached to an aromatic ring is 1. The highest BCUT2D eigenvalue weighted by Crippen LogP contribution is 2.20. The maximum Gasteiger partial charge on any atom is 0.275 e. The van der Waals surface area contributed by atoms with Crippen LogP contribution in [0.3, 0.4) is 0 Å². The van der Waals surface area contributed by atoms with Crippen molar-refractivity contribution < 1.29 is 4.79 Å². The molecule has 1 aliphatic rings. The number of carbonyl (C=O) groups is 1. The molecule has 0 spiro atoms. The van der Waals surface area contributed by atoms with Gasteiger partial charge in [-0.15, -0.1) is 11.3 Å². The Hall–Kier alpha value is -0.560. The van der Waals surface area contributed by atoms with Crippen LogP contribution in [0.1, 0.15) is 15.2 Å². The molecule has 88 valence electrons. The van der Waals surface area contributed by atoms with Gasteiger partial charge in [0.15, 0.2) is 0 Å². The van der Waals surface area contributed by atoms with Crippen molar-refractivity contribution >= 4 is 29.0 Å². The van der Waals surface area contributed by atoms with Crippen LogP contribution in [0.15, 0.2) is 11.4 Å². The number of carbonyl (C=O) groups excluding carboxylic acids is 1. The number of nitrogens with two attached hydrogens (primary N) is 1. The van der Waals surface area contributed by atoms with Gasteiger partial charge in [-0.2, -0.15) is 11.8 Å². The lowest BCUT2D eigenvalue weighted by molar-refractivity contribution is 0.0956. The molecule has 0 atom stereocenters. The number of thiophene rings is 1. The maximum atomic E-state index is 11.5. The zero-order valence-corrected chi connectivity index (χ0v) is 10.6. The lowest BCUT2D eigenvalue weighted by atomic mass is 10.2. The molecule has 3 N–H and O–H groups in total. The predicted octanol–water partition coefficient (Wildman–Crippen LogP) is 0.900. The molecule has 6 heteroatoms. The van der Waals surface area contributed by atoms with E-state index in [4.69, 9.17) is 5.84 Å². The predicted molar refractivity (Wildman–Crippen MR) is 68.6 cm³/mol. The van der Waals surface area contributed by atoms with E-state index in [2.05, 4.69) is 10.3 Å². The molecule has 0 aliphatic carbocycles. The molecule has 1 aromatic rings. The Balaban J connectivity index is 2.03. The molecule has 0 unspecified atom stereocenters. The van der Waals surface area contributed by atoms with Gasteiger partial charge in [0.1, 0.15) is 0 Å². The molecule has 2 heterocycles. The van der Waals surface area contributed by atoms with Gasteiger partial charge in [-0.1, -0.05) is 0 Å². The first-order chi connectivity index (χ1) is 7.81. The van der Waals surface area contributed by atoms with E-state index in [0.717, 1.165) is 30.1 Å². The molecule has 0 radical (unpaired) electrons. The molecule has 4 nitrogen and oxygen atoms in total. The lowest BCUT2D eigenvalue weighted by Gasteiger charge is -2.26. The van der Waals surface area contributed by atoms with E-state index >= 15 is 0 Å². The zero-order chi connectivity index (χ0) is 11.4. The smallest absolute Gasteiger partial charge is 0.275 e. The van der Waals surface area contributed by atoms with Gasteiger partial charge in [0, 0.05) is 31.1 Å². The summed E-state index contributed by atoms with van der Waals surface area (Å²) < 4.78 is 0. The third-order valence-corrected chi connectivity index (χ3v) is 4.48. The average Bonchev–Trinajstić information content (AvgIpc) is 2.77. The Labute approximate surface area is 103 Å². The molecule has 1 fully saturated rings. The van der Waals surface area contributed by atoms with Crippen molar-refractivity contribution in [2.75, 3.05) is 24.6 Å². The monoisotopic (exact) mass is 257 g/mol. The fraction of sp³-hybridized carbons (Fsp3) is 0.500. The van der Waals surface area contributed by atoms with E-state index in [0.29, 0.717) is 0 Å². The molecule has 2 rings (SSSR count). The number of hydrazine groups is 1. The summed E-state index contributed by atoms with van der Waals surface area (Å²) in [6.45, 7) is 3.06. The minimum atomic E-state index is -0.184. The minimum absolute atomic E-state index is 0.184. The highest BCUT2D eigenvalue weighted by molar-refractivity contribution is 7.99. The van der Waals surface area contributed by atoms with Crippen LogP contribution < -0.4 is 11.3 Å². The van der Waals surface area contributed by atoms with Crippen molar-refractivity contribution in [3.05, 3.63) is 21.9 Å². The standard InChI is InChI=1S/C10H15N3OS2/c11-12-10(14)9-8(1-4-16-9)7-13-2-5-15-6-3-13/h1,4H,2-3,5-7,11H2,(H,12,14). The number of nitrogens with one attached hydrogen (secondary N) is 1. The second kappa shape index (κ2) is 5.67. The van der Waals surface area contributed by atoms with E-state index in [1.54, 1.807) is 0 Å². The number of nitrogens with zero attached hydrogens (tertiary/aromatic N) is 1. The molecular weight excluding hydrogens is 242 g/mol. The average molecular weight is 257 g/mol. The van der Waals surface area contributed by atoms with Crippen LogP contribution >= 0.6 is 23.1 Å². The summed E-state index contributed by atoms with van der Waals surface area (Å²) in [6, 6.07) is 2.01. The van der Waals surface area contributed by atoms with Crippen molar-refractivity contribution in [3.63, 3.8) is 0 Å². The van der Waals surface area contributed by atoms with Gasteiger partial charge in [-0.25, -0.2) is 5.84 Å². The quantitative estimate of drug-likeness (QED) is 0.480. The summed E-state index contributed by atoms with van der Waals surface area (Å²) in [5.74, 6) is 7.34. The number of hydrogen-bond acceptors (Lipinski definition) is 5. The van der Waals surface area contributed by atoms with Crippen LogP contribution in [-0.2, 0) is 6.54 Å². The highest BCUT2D eigenvalue weighted by atomic mass is 32.2. The number of hydrogen-bond donors (Lipinski definition) is 2. The van der Waals surface area contributed by atoms with Crippen molar-refractivity contribution in [1.29, 1.82) is 0 Å². The van der Waals surface area contributed by atoms with Crippen LogP contribution in [0.4, 0.5) is 0 Å². The van der Waals surface area contributed by atoms with E-state index < -0.39 is 0 Å². The summed E-state index contributed by atoms with van der Waals surface area (Å²) in [6.07, 6.45) is 0. The first-order valence-corrected chi connectivity index (χ1v) is 7.22. The molecule has 1 aromatic heterocycles. The normalized spacial score (nSPS) is 17.3. The van der Waals surface area contributed by atoms with Crippen molar-refractivity contribution in [2.45, 2.75) is 6.54 Å². The summed E-state index contributed by atoms with van der Waals surface area (Å²) >= 11 is 3.43. The van der Waals surface area contributed by atoms with Crippen LogP contribution in [0.25, 0.3) is 0 Å². The minimum Gasteiger partial charge on any atom is -0.297 e. The molecule has 16 heavy (non-hydrogen) atoms. The van der Waals surface area contributed by atoms with Crippen molar-refractivity contribution in [3.8, 4) is 0 Å². The lowest BCUT2D eigenvalue weighted by Crippen LogP contribution is -2.34. The molecule has 1 amide bonds. The molecule has 0 aromatic carbocycles. The third-order valence-electron chi connectivity index (χ3n) is 2.58. The van der Waals surface area contributed by atoms with Crippen LogP contribution in [0, 0.1) is 0 Å². The SMILES string of the molecule is NNC(=O)c1sccc1CN1CCSCC1. The van der Waals surface area contributed by atoms with E-state index in [-0.39, 0.29) is 5.91 Å². The van der Waals surface area contributed by atoms with Gasteiger partial charge in [0.25, 0.3) is 5.91 Å². The first-order valence-electron chi connectivity index (χ1n) is 5.18. The number of amides is 1. The molecule has 0 bridgehead atoms. The van der Waals surface area contributed by atoms with Gasteiger partial charge in [0.05, 0.1) is 4.88 Å². The summed E-state index contributed by atoms with van der Waals surface area (Å²) in [5.41, 5.74) is 3.28. The Morgan fingerprint density at radius 1 is 1.50 bits per heavy atom. The molecule has 0 saturated carbocycles. The second-order valence-electron chi connectivity index (χ2n) is 3.64. The van der Waals surface area contributed by atoms with Crippen molar-refractivity contribution in [1.82, 2.24) is 10.3 Å². The Morgan fingerprint density at radius 2 is 2.25 bits per heavy atom. The largest absolute Gasteiger partial charge is 0.297 e. The first kappa shape index (κ1) is 11.9. The van der Waals surface area contributed by atoms with Gasteiger partial charge in [0.2, 0.25) is 0 Å². The molecule has 1 saturated heterocycles. The van der Waals surface area contributed by atoms with Gasteiger partial charge < -0.3 is 0 Å². The summed E-state index contributed by atoms with van der Waals surface area (Å²) in [5, 5.41) is 1.94. The zero-order valence-electron chi connectivity index (χ0n) is 8.94. The Bertz CT molecular complexity index is 361. The summed E-state index contributed by atoms with van der Waals surface area (Å²) in [4.78, 5) is 14.6.